The molecule has 168 valence electrons. The molecule has 1 N–H and O–H groups in total. The van der Waals surface area contributed by atoms with Gasteiger partial charge in [0.25, 0.3) is 5.91 Å². The van der Waals surface area contributed by atoms with Crippen LogP contribution in [0.1, 0.15) is 90.6 Å². The van der Waals surface area contributed by atoms with Crippen LogP contribution in [0.2, 0.25) is 0 Å². The Balaban J connectivity index is 1.35. The first-order valence-electron chi connectivity index (χ1n) is 11.8. The molecule has 1 aliphatic rings. The third kappa shape index (κ3) is 5.07. The molecule has 1 amide bonds. The van der Waals surface area contributed by atoms with Crippen molar-refractivity contribution in [3.63, 3.8) is 0 Å². The van der Waals surface area contributed by atoms with Crippen molar-refractivity contribution in [2.75, 3.05) is 0 Å². The van der Waals surface area contributed by atoms with Crippen LogP contribution >= 0.6 is 0 Å². The molecule has 4 rings (SSSR count). The van der Waals surface area contributed by atoms with Crippen molar-refractivity contribution in [1.82, 2.24) is 5.32 Å². The molecule has 2 atom stereocenters. The molecule has 0 fully saturated rings. The third-order valence-corrected chi connectivity index (χ3v) is 6.57. The van der Waals surface area contributed by atoms with Crippen molar-refractivity contribution >= 4 is 5.91 Å². The SMILES string of the molecule is CCC(C)c1ccc(C(CC)NC(=O)c2ccc(COc3ccc4c(c3)CCC4)o2)cc1. The summed E-state index contributed by atoms with van der Waals surface area (Å²) in [6.07, 6.45) is 5.42. The van der Waals surface area contributed by atoms with Gasteiger partial charge < -0.3 is 14.5 Å². The van der Waals surface area contributed by atoms with Crippen molar-refractivity contribution in [2.24, 2.45) is 0 Å². The summed E-state index contributed by atoms with van der Waals surface area (Å²) in [6, 6.07) is 18.3. The summed E-state index contributed by atoms with van der Waals surface area (Å²) in [7, 11) is 0. The van der Waals surface area contributed by atoms with Gasteiger partial charge in [-0.3, -0.25) is 4.79 Å². The maximum absolute atomic E-state index is 12.8. The van der Waals surface area contributed by atoms with E-state index < -0.39 is 0 Å². The minimum absolute atomic E-state index is 0.0512. The van der Waals surface area contributed by atoms with Gasteiger partial charge in [-0.05, 0) is 84.5 Å². The molecule has 0 aliphatic heterocycles. The van der Waals surface area contributed by atoms with Crippen LogP contribution in [0.15, 0.2) is 59.0 Å². The summed E-state index contributed by atoms with van der Waals surface area (Å²) in [5, 5.41) is 3.10. The van der Waals surface area contributed by atoms with E-state index in [2.05, 4.69) is 62.5 Å². The van der Waals surface area contributed by atoms with Gasteiger partial charge in [0.1, 0.15) is 18.1 Å². The summed E-state index contributed by atoms with van der Waals surface area (Å²) in [5.41, 5.74) is 5.25. The van der Waals surface area contributed by atoms with Gasteiger partial charge in [0.2, 0.25) is 0 Å². The van der Waals surface area contributed by atoms with E-state index in [1.54, 1.807) is 6.07 Å². The number of hydrogen-bond donors (Lipinski definition) is 1. The highest BCUT2D eigenvalue weighted by Crippen LogP contribution is 2.27. The van der Waals surface area contributed by atoms with Crippen LogP contribution in [0, 0.1) is 0 Å². The monoisotopic (exact) mass is 431 g/mol. The number of amides is 1. The highest BCUT2D eigenvalue weighted by Gasteiger charge is 2.18. The molecule has 0 saturated heterocycles. The summed E-state index contributed by atoms with van der Waals surface area (Å²) < 4.78 is 11.7. The van der Waals surface area contributed by atoms with Gasteiger partial charge in [0.05, 0.1) is 6.04 Å². The van der Waals surface area contributed by atoms with Crippen LogP contribution in [0.3, 0.4) is 0 Å². The number of hydrogen-bond acceptors (Lipinski definition) is 3. The minimum atomic E-state index is -0.202. The maximum atomic E-state index is 12.8. The van der Waals surface area contributed by atoms with E-state index in [4.69, 9.17) is 9.15 Å². The lowest BCUT2D eigenvalue weighted by Gasteiger charge is -2.18. The van der Waals surface area contributed by atoms with Crippen LogP contribution in [-0.2, 0) is 19.4 Å². The normalized spacial score (nSPS) is 14.6. The Morgan fingerprint density at radius 1 is 0.969 bits per heavy atom. The number of nitrogens with one attached hydrogen (secondary N) is 1. The van der Waals surface area contributed by atoms with Gasteiger partial charge in [0.15, 0.2) is 5.76 Å². The number of ether oxygens (including phenoxy) is 1. The number of rotatable bonds is 9. The Morgan fingerprint density at radius 2 is 1.72 bits per heavy atom. The molecule has 3 aromatic rings. The number of fused-ring (bicyclic) bond motifs is 1. The molecule has 4 nitrogen and oxygen atoms in total. The second kappa shape index (κ2) is 10.1. The molecule has 1 aliphatic carbocycles. The number of furan rings is 1. The molecular formula is C28H33NO3. The minimum Gasteiger partial charge on any atom is -0.486 e. The van der Waals surface area contributed by atoms with Gasteiger partial charge in [-0.15, -0.1) is 0 Å². The van der Waals surface area contributed by atoms with Crippen molar-refractivity contribution in [2.45, 2.75) is 71.4 Å². The molecule has 0 saturated carbocycles. The first-order chi connectivity index (χ1) is 15.6. The predicted molar refractivity (Wildman–Crippen MR) is 127 cm³/mol. The lowest BCUT2D eigenvalue weighted by atomic mass is 9.95. The highest BCUT2D eigenvalue weighted by molar-refractivity contribution is 5.91. The van der Waals surface area contributed by atoms with Crippen LogP contribution in [0.4, 0.5) is 0 Å². The van der Waals surface area contributed by atoms with E-state index in [9.17, 15) is 4.79 Å². The Hall–Kier alpha value is -3.01. The van der Waals surface area contributed by atoms with E-state index in [1.165, 1.54) is 23.1 Å². The van der Waals surface area contributed by atoms with Crippen LogP contribution in [0.5, 0.6) is 5.75 Å². The second-order valence-corrected chi connectivity index (χ2v) is 8.75. The molecule has 2 aromatic carbocycles. The lowest BCUT2D eigenvalue weighted by Crippen LogP contribution is -2.27. The molecule has 0 spiro atoms. The van der Waals surface area contributed by atoms with Gasteiger partial charge in [-0.2, -0.15) is 0 Å². The topological polar surface area (TPSA) is 51.5 Å². The average molecular weight is 432 g/mol. The van der Waals surface area contributed by atoms with E-state index in [0.29, 0.717) is 24.0 Å². The Labute approximate surface area is 191 Å². The summed E-state index contributed by atoms with van der Waals surface area (Å²) >= 11 is 0. The number of carbonyl (C=O) groups excluding carboxylic acids is 1. The molecular weight excluding hydrogens is 398 g/mol. The van der Waals surface area contributed by atoms with Crippen molar-refractivity contribution in [1.29, 1.82) is 0 Å². The van der Waals surface area contributed by atoms with Crippen molar-refractivity contribution < 1.29 is 13.9 Å². The second-order valence-electron chi connectivity index (χ2n) is 8.75. The van der Waals surface area contributed by atoms with Crippen LogP contribution < -0.4 is 10.1 Å². The molecule has 32 heavy (non-hydrogen) atoms. The Kier molecular flexibility index (Phi) is 6.99. The predicted octanol–water partition coefficient (Wildman–Crippen LogP) is 6.74. The fraction of sp³-hybridized carbons (Fsp3) is 0.393. The van der Waals surface area contributed by atoms with E-state index in [-0.39, 0.29) is 11.9 Å². The summed E-state index contributed by atoms with van der Waals surface area (Å²) in [5.74, 6) is 2.14. The molecule has 0 bridgehead atoms. The molecule has 0 radical (unpaired) electrons. The smallest absolute Gasteiger partial charge is 0.287 e. The van der Waals surface area contributed by atoms with Gasteiger partial charge >= 0.3 is 0 Å². The van der Waals surface area contributed by atoms with Crippen LogP contribution in [-0.4, -0.2) is 5.91 Å². The van der Waals surface area contributed by atoms with Crippen LogP contribution in [0.25, 0.3) is 0 Å². The third-order valence-electron chi connectivity index (χ3n) is 6.57. The van der Waals surface area contributed by atoms with E-state index >= 15 is 0 Å². The van der Waals surface area contributed by atoms with E-state index in [0.717, 1.165) is 37.0 Å². The number of carbonyl (C=O) groups is 1. The Bertz CT molecular complexity index is 1050. The molecule has 2 unspecified atom stereocenters. The van der Waals surface area contributed by atoms with Gasteiger partial charge in [0, 0.05) is 0 Å². The largest absolute Gasteiger partial charge is 0.486 e. The van der Waals surface area contributed by atoms with Gasteiger partial charge in [-0.25, -0.2) is 0 Å². The fourth-order valence-electron chi connectivity index (χ4n) is 4.31. The highest BCUT2D eigenvalue weighted by atomic mass is 16.5. The van der Waals surface area contributed by atoms with E-state index in [1.807, 2.05) is 12.1 Å². The zero-order valence-corrected chi connectivity index (χ0v) is 19.3. The molecule has 1 aromatic heterocycles. The zero-order valence-electron chi connectivity index (χ0n) is 19.3. The number of benzene rings is 2. The van der Waals surface area contributed by atoms with Crippen molar-refractivity contribution in [3.05, 3.63) is 88.4 Å². The standard InChI is InChI=1S/C28H33NO3/c1-4-19(3)20-9-11-22(12-10-20)26(5-2)29-28(30)27-16-15-25(32-27)18-31-24-14-13-21-7-6-8-23(21)17-24/h9-17,19,26H,4-8,18H2,1-3H3,(H,29,30). The summed E-state index contributed by atoms with van der Waals surface area (Å²) in [4.78, 5) is 12.8. The molecule has 4 heteroatoms. The first kappa shape index (κ1) is 22.2. The summed E-state index contributed by atoms with van der Waals surface area (Å²) in [6.45, 7) is 6.81. The lowest BCUT2D eigenvalue weighted by molar-refractivity contribution is 0.0903. The Morgan fingerprint density at radius 3 is 2.47 bits per heavy atom. The molecule has 1 heterocycles. The quantitative estimate of drug-likeness (QED) is 0.408. The average Bonchev–Trinajstić information content (AvgIpc) is 3.50. The first-order valence-corrected chi connectivity index (χ1v) is 11.8. The van der Waals surface area contributed by atoms with Gasteiger partial charge in [-0.1, -0.05) is 51.1 Å². The van der Waals surface area contributed by atoms with Crippen molar-refractivity contribution in [3.8, 4) is 5.75 Å². The number of aryl methyl sites for hydroxylation is 2. The maximum Gasteiger partial charge on any atom is 0.287 e. The zero-order chi connectivity index (χ0) is 22.5. The fourth-order valence-corrected chi connectivity index (χ4v) is 4.31.